The van der Waals surface area contributed by atoms with Gasteiger partial charge in [0.05, 0.1) is 34.1 Å². The van der Waals surface area contributed by atoms with E-state index in [1.807, 2.05) is 26.0 Å². The summed E-state index contributed by atoms with van der Waals surface area (Å²) in [6, 6.07) is 11.8. The number of hydrogen-bond acceptors (Lipinski definition) is 4. The van der Waals surface area contributed by atoms with Crippen LogP contribution in [0, 0.1) is 0 Å². The summed E-state index contributed by atoms with van der Waals surface area (Å²) in [5.74, 6) is 0.0752. The third-order valence-corrected chi connectivity index (χ3v) is 3.85. The van der Waals surface area contributed by atoms with Crippen LogP contribution in [0.15, 0.2) is 54.9 Å². The van der Waals surface area contributed by atoms with E-state index in [2.05, 4.69) is 5.10 Å². The largest absolute Gasteiger partial charge is 0.507 e. The van der Waals surface area contributed by atoms with Gasteiger partial charge in [0, 0.05) is 6.20 Å². The molecule has 0 aliphatic heterocycles. The van der Waals surface area contributed by atoms with E-state index in [0.29, 0.717) is 22.0 Å². The fraction of sp³-hybridized carbons (Fsp3) is 0.158. The van der Waals surface area contributed by atoms with E-state index in [0.717, 1.165) is 0 Å². The van der Waals surface area contributed by atoms with E-state index >= 15 is 0 Å². The fourth-order valence-corrected chi connectivity index (χ4v) is 2.63. The van der Waals surface area contributed by atoms with Crippen molar-refractivity contribution in [2.24, 2.45) is 0 Å². The van der Waals surface area contributed by atoms with Gasteiger partial charge in [0.2, 0.25) is 0 Å². The Morgan fingerprint density at radius 3 is 2.72 bits per heavy atom. The van der Waals surface area contributed by atoms with Gasteiger partial charge in [-0.25, -0.2) is 4.68 Å². The molecule has 1 heterocycles. The third kappa shape index (κ3) is 3.67. The van der Waals surface area contributed by atoms with E-state index in [1.165, 1.54) is 23.0 Å². The number of ketones is 1. The minimum absolute atomic E-state index is 0.0320. The Labute approximate surface area is 150 Å². The minimum atomic E-state index is -0.343. The maximum absolute atomic E-state index is 12.7. The van der Waals surface area contributed by atoms with Crippen LogP contribution in [-0.4, -0.2) is 26.8 Å². The summed E-state index contributed by atoms with van der Waals surface area (Å²) in [6.07, 6.45) is 3.00. The number of phenolic OH excluding ortho intramolecular Hbond substituents is 1. The summed E-state index contributed by atoms with van der Waals surface area (Å²) < 4.78 is 7.11. The highest BCUT2D eigenvalue weighted by Crippen LogP contribution is 2.27. The van der Waals surface area contributed by atoms with Gasteiger partial charge in [0.25, 0.3) is 0 Å². The second-order valence-electron chi connectivity index (χ2n) is 5.80. The molecule has 0 atom stereocenters. The second kappa shape index (κ2) is 6.99. The smallest absolute Gasteiger partial charge is 0.200 e. The Hall–Kier alpha value is -2.79. The zero-order chi connectivity index (χ0) is 18.0. The van der Waals surface area contributed by atoms with Gasteiger partial charge in [-0.3, -0.25) is 4.79 Å². The third-order valence-electron chi connectivity index (χ3n) is 3.53. The Balaban J connectivity index is 1.93. The summed E-state index contributed by atoms with van der Waals surface area (Å²) >= 11 is 6.16. The number of rotatable bonds is 5. The van der Waals surface area contributed by atoms with Gasteiger partial charge in [-0.2, -0.15) is 5.10 Å². The lowest BCUT2D eigenvalue weighted by molar-refractivity contribution is 0.103. The summed E-state index contributed by atoms with van der Waals surface area (Å²) in [6.45, 7) is 3.78. The number of para-hydroxylation sites is 1. The van der Waals surface area contributed by atoms with Crippen molar-refractivity contribution < 1.29 is 14.6 Å². The van der Waals surface area contributed by atoms with Gasteiger partial charge in [-0.1, -0.05) is 23.7 Å². The Morgan fingerprint density at radius 1 is 1.24 bits per heavy atom. The SMILES string of the molecule is CC(C)Oc1ccc(O)c(C(=O)c2cnn(-c3ccccc3Cl)c2)c1. The van der Waals surface area contributed by atoms with Crippen molar-refractivity contribution in [2.75, 3.05) is 0 Å². The molecule has 5 nitrogen and oxygen atoms in total. The molecule has 0 saturated heterocycles. The van der Waals surface area contributed by atoms with Crippen LogP contribution < -0.4 is 4.74 Å². The van der Waals surface area contributed by atoms with Gasteiger partial charge in [0.15, 0.2) is 5.78 Å². The van der Waals surface area contributed by atoms with Gasteiger partial charge in [-0.05, 0) is 44.2 Å². The summed E-state index contributed by atoms with van der Waals surface area (Å²) in [4.78, 5) is 12.7. The highest BCUT2D eigenvalue weighted by molar-refractivity contribution is 6.32. The van der Waals surface area contributed by atoms with Gasteiger partial charge in [-0.15, -0.1) is 0 Å². The molecule has 3 rings (SSSR count). The van der Waals surface area contributed by atoms with Crippen molar-refractivity contribution >= 4 is 17.4 Å². The molecule has 1 aromatic heterocycles. The first-order chi connectivity index (χ1) is 12.0. The molecule has 0 aliphatic carbocycles. The van der Waals surface area contributed by atoms with Gasteiger partial charge in [0.1, 0.15) is 11.5 Å². The number of benzene rings is 2. The predicted molar refractivity (Wildman–Crippen MR) is 95.9 cm³/mol. The fourth-order valence-electron chi connectivity index (χ4n) is 2.41. The van der Waals surface area contributed by atoms with E-state index in [1.54, 1.807) is 24.4 Å². The molecule has 0 fully saturated rings. The van der Waals surface area contributed by atoms with Crippen LogP contribution in [-0.2, 0) is 0 Å². The average molecular weight is 357 g/mol. The number of nitrogens with zero attached hydrogens (tertiary/aromatic N) is 2. The molecule has 0 bridgehead atoms. The molecule has 0 spiro atoms. The number of ether oxygens (including phenoxy) is 1. The number of aromatic nitrogens is 2. The van der Waals surface area contributed by atoms with Crippen molar-refractivity contribution in [3.05, 3.63) is 71.0 Å². The summed E-state index contributed by atoms with van der Waals surface area (Å²) in [5, 5.41) is 14.8. The monoisotopic (exact) mass is 356 g/mol. The molecule has 1 N–H and O–H groups in total. The first kappa shape index (κ1) is 17.0. The maximum atomic E-state index is 12.7. The quantitative estimate of drug-likeness (QED) is 0.694. The van der Waals surface area contributed by atoms with Crippen LogP contribution in [0.2, 0.25) is 5.02 Å². The molecule has 2 aromatic carbocycles. The lowest BCUT2D eigenvalue weighted by Crippen LogP contribution is -2.07. The van der Waals surface area contributed by atoms with Crippen molar-refractivity contribution in [2.45, 2.75) is 20.0 Å². The van der Waals surface area contributed by atoms with Crippen LogP contribution in [0.3, 0.4) is 0 Å². The molecule has 6 heteroatoms. The average Bonchev–Trinajstić information content (AvgIpc) is 3.06. The highest BCUT2D eigenvalue weighted by Gasteiger charge is 2.17. The molecule has 128 valence electrons. The van der Waals surface area contributed by atoms with Crippen molar-refractivity contribution in [3.8, 4) is 17.2 Å². The number of halogens is 1. The normalized spacial score (nSPS) is 10.9. The predicted octanol–water partition coefficient (Wildman–Crippen LogP) is 4.25. The highest BCUT2D eigenvalue weighted by atomic mass is 35.5. The molecule has 25 heavy (non-hydrogen) atoms. The van der Waals surface area contributed by atoms with Gasteiger partial charge < -0.3 is 9.84 Å². The van der Waals surface area contributed by atoms with Crippen molar-refractivity contribution in [1.29, 1.82) is 0 Å². The molecule has 0 unspecified atom stereocenters. The zero-order valence-electron chi connectivity index (χ0n) is 13.8. The Morgan fingerprint density at radius 2 is 2.00 bits per heavy atom. The summed E-state index contributed by atoms with van der Waals surface area (Å²) in [5.41, 5.74) is 1.18. The van der Waals surface area contributed by atoms with E-state index < -0.39 is 0 Å². The number of carbonyl (C=O) groups is 1. The summed E-state index contributed by atoms with van der Waals surface area (Å²) in [7, 11) is 0. The van der Waals surface area contributed by atoms with E-state index in [4.69, 9.17) is 16.3 Å². The van der Waals surface area contributed by atoms with Crippen LogP contribution >= 0.6 is 11.6 Å². The minimum Gasteiger partial charge on any atom is -0.507 e. The number of phenols is 1. The van der Waals surface area contributed by atoms with E-state index in [9.17, 15) is 9.90 Å². The van der Waals surface area contributed by atoms with Crippen LogP contribution in [0.25, 0.3) is 5.69 Å². The molecule has 0 saturated carbocycles. The number of carbonyl (C=O) groups excluding carboxylic acids is 1. The second-order valence-corrected chi connectivity index (χ2v) is 6.21. The first-order valence-electron chi connectivity index (χ1n) is 7.79. The molecule has 0 amide bonds. The Bertz CT molecular complexity index is 919. The Kier molecular flexibility index (Phi) is 4.76. The number of aromatic hydroxyl groups is 1. The van der Waals surface area contributed by atoms with E-state index in [-0.39, 0.29) is 23.2 Å². The number of hydrogen-bond donors (Lipinski definition) is 1. The lowest BCUT2D eigenvalue weighted by atomic mass is 10.1. The van der Waals surface area contributed by atoms with Crippen LogP contribution in [0.4, 0.5) is 0 Å². The topological polar surface area (TPSA) is 64.3 Å². The van der Waals surface area contributed by atoms with Crippen molar-refractivity contribution in [3.63, 3.8) is 0 Å². The molecular formula is C19H17ClN2O3. The zero-order valence-corrected chi connectivity index (χ0v) is 14.6. The first-order valence-corrected chi connectivity index (χ1v) is 8.17. The van der Waals surface area contributed by atoms with Crippen LogP contribution in [0.1, 0.15) is 29.8 Å². The van der Waals surface area contributed by atoms with Gasteiger partial charge >= 0.3 is 0 Å². The lowest BCUT2D eigenvalue weighted by Gasteiger charge is -2.11. The molecule has 3 aromatic rings. The molecular weight excluding hydrogens is 340 g/mol. The molecule has 0 radical (unpaired) electrons. The standard InChI is InChI=1S/C19H17ClN2O3/c1-12(2)25-14-7-8-18(23)15(9-14)19(24)13-10-21-22(11-13)17-6-4-3-5-16(17)20/h3-12,23H,1-2H3. The van der Waals surface area contributed by atoms with Crippen LogP contribution in [0.5, 0.6) is 11.5 Å². The van der Waals surface area contributed by atoms with Crippen molar-refractivity contribution in [1.82, 2.24) is 9.78 Å². The maximum Gasteiger partial charge on any atom is 0.200 e. The molecule has 0 aliphatic rings.